The van der Waals surface area contributed by atoms with Gasteiger partial charge in [-0.05, 0) is 18.6 Å². The normalized spacial score (nSPS) is 20.4. The van der Waals surface area contributed by atoms with Gasteiger partial charge in [-0.1, -0.05) is 13.0 Å². The molecule has 1 aromatic rings. The third kappa shape index (κ3) is 2.43. The molecule has 1 aliphatic rings. The van der Waals surface area contributed by atoms with Crippen molar-refractivity contribution in [3.63, 3.8) is 0 Å². The zero-order valence-electron chi connectivity index (χ0n) is 9.93. The quantitative estimate of drug-likeness (QED) is 0.831. The van der Waals surface area contributed by atoms with E-state index in [1.807, 2.05) is 19.1 Å². The highest BCUT2D eigenvalue weighted by molar-refractivity contribution is 5.97. The largest absolute Gasteiger partial charge is 0.324 e. The molecule has 17 heavy (non-hydrogen) atoms. The molecule has 1 aliphatic heterocycles. The average molecular weight is 233 g/mol. The fourth-order valence-electron chi connectivity index (χ4n) is 1.81. The molecule has 2 rings (SSSR count). The van der Waals surface area contributed by atoms with Crippen LogP contribution in [0.4, 0.5) is 4.79 Å². The van der Waals surface area contributed by atoms with Crippen molar-refractivity contribution >= 4 is 11.9 Å². The minimum absolute atomic E-state index is 0.170. The number of hydrogen-bond donors (Lipinski definition) is 1. The topological polar surface area (TPSA) is 62.3 Å². The second-order valence-corrected chi connectivity index (χ2v) is 4.34. The SMILES string of the molecule is Cc1cccnc1CN1CC(C)C(=O)NC1=O. The standard InChI is InChI=1S/C12H15N3O2/c1-8-4-3-5-13-10(8)7-15-6-9(2)11(16)14-12(15)17/h3-5,9H,6-7H2,1-2H3,(H,14,16,17). The number of pyridine rings is 1. The van der Waals surface area contributed by atoms with Gasteiger partial charge in [-0.15, -0.1) is 0 Å². The number of nitrogens with zero attached hydrogens (tertiary/aromatic N) is 2. The van der Waals surface area contributed by atoms with Gasteiger partial charge in [0.1, 0.15) is 0 Å². The fourth-order valence-corrected chi connectivity index (χ4v) is 1.81. The van der Waals surface area contributed by atoms with Crippen LogP contribution in [-0.4, -0.2) is 28.4 Å². The molecule has 2 heterocycles. The van der Waals surface area contributed by atoms with Crippen LogP contribution in [0.1, 0.15) is 18.2 Å². The van der Waals surface area contributed by atoms with E-state index in [1.54, 1.807) is 18.0 Å². The molecular weight excluding hydrogens is 218 g/mol. The zero-order chi connectivity index (χ0) is 12.4. The summed E-state index contributed by atoms with van der Waals surface area (Å²) in [5, 5.41) is 2.34. The van der Waals surface area contributed by atoms with Gasteiger partial charge >= 0.3 is 6.03 Å². The van der Waals surface area contributed by atoms with Crippen LogP contribution in [-0.2, 0) is 11.3 Å². The van der Waals surface area contributed by atoms with E-state index in [-0.39, 0.29) is 17.9 Å². The summed E-state index contributed by atoms with van der Waals surface area (Å²) >= 11 is 0. The Balaban J connectivity index is 2.11. The minimum Gasteiger partial charge on any atom is -0.318 e. The smallest absolute Gasteiger partial charge is 0.318 e. The second kappa shape index (κ2) is 4.53. The van der Waals surface area contributed by atoms with Crippen molar-refractivity contribution in [3.05, 3.63) is 29.6 Å². The summed E-state index contributed by atoms with van der Waals surface area (Å²) in [4.78, 5) is 28.8. The maximum absolute atomic E-state index is 11.6. The minimum atomic E-state index is -0.335. The molecule has 5 heteroatoms. The lowest BCUT2D eigenvalue weighted by Crippen LogP contribution is -2.53. The number of imide groups is 1. The summed E-state index contributed by atoms with van der Waals surface area (Å²) in [5.74, 6) is -0.374. The molecule has 1 saturated heterocycles. The van der Waals surface area contributed by atoms with E-state index in [0.29, 0.717) is 13.1 Å². The molecule has 1 atom stereocenters. The molecule has 5 nitrogen and oxygen atoms in total. The summed E-state index contributed by atoms with van der Waals surface area (Å²) < 4.78 is 0. The third-order valence-electron chi connectivity index (χ3n) is 2.92. The van der Waals surface area contributed by atoms with Crippen molar-refractivity contribution in [3.8, 4) is 0 Å². The Labute approximate surface area is 99.8 Å². The number of hydrogen-bond acceptors (Lipinski definition) is 3. The second-order valence-electron chi connectivity index (χ2n) is 4.34. The van der Waals surface area contributed by atoms with Gasteiger partial charge in [-0.2, -0.15) is 0 Å². The summed E-state index contributed by atoms with van der Waals surface area (Å²) in [6.45, 7) is 4.65. The van der Waals surface area contributed by atoms with E-state index in [0.717, 1.165) is 11.3 Å². The number of amides is 3. The Kier molecular flexibility index (Phi) is 3.08. The Morgan fingerprint density at radius 2 is 2.29 bits per heavy atom. The Morgan fingerprint density at radius 1 is 1.53 bits per heavy atom. The van der Waals surface area contributed by atoms with Gasteiger partial charge in [0, 0.05) is 12.7 Å². The molecule has 0 bridgehead atoms. The van der Waals surface area contributed by atoms with E-state index < -0.39 is 0 Å². The van der Waals surface area contributed by atoms with Crippen LogP contribution in [0.2, 0.25) is 0 Å². The highest BCUT2D eigenvalue weighted by atomic mass is 16.2. The molecule has 1 N–H and O–H groups in total. The first-order chi connectivity index (χ1) is 8.08. The summed E-state index contributed by atoms with van der Waals surface area (Å²) in [5.41, 5.74) is 1.91. The highest BCUT2D eigenvalue weighted by Crippen LogP contribution is 2.12. The van der Waals surface area contributed by atoms with Crippen molar-refractivity contribution in [2.24, 2.45) is 5.92 Å². The van der Waals surface area contributed by atoms with E-state index >= 15 is 0 Å². The van der Waals surface area contributed by atoms with Crippen LogP contribution >= 0.6 is 0 Å². The summed E-state index contributed by atoms with van der Waals surface area (Å²) in [6.07, 6.45) is 1.71. The van der Waals surface area contributed by atoms with Gasteiger partial charge < -0.3 is 4.90 Å². The van der Waals surface area contributed by atoms with Gasteiger partial charge in [0.25, 0.3) is 0 Å². The number of urea groups is 1. The first-order valence-electron chi connectivity index (χ1n) is 5.58. The van der Waals surface area contributed by atoms with E-state index in [4.69, 9.17) is 0 Å². The maximum Gasteiger partial charge on any atom is 0.324 e. The number of carbonyl (C=O) groups excluding carboxylic acids is 2. The fraction of sp³-hybridized carbons (Fsp3) is 0.417. The van der Waals surface area contributed by atoms with Crippen molar-refractivity contribution in [1.82, 2.24) is 15.2 Å². The van der Waals surface area contributed by atoms with Crippen LogP contribution in [0.5, 0.6) is 0 Å². The van der Waals surface area contributed by atoms with Gasteiger partial charge in [-0.3, -0.25) is 15.1 Å². The Morgan fingerprint density at radius 3 is 3.00 bits per heavy atom. The predicted octanol–water partition coefficient (Wildman–Crippen LogP) is 1.08. The summed E-state index contributed by atoms with van der Waals surface area (Å²) in [6, 6.07) is 3.48. The summed E-state index contributed by atoms with van der Waals surface area (Å²) in [7, 11) is 0. The molecule has 0 radical (unpaired) electrons. The van der Waals surface area contributed by atoms with E-state index in [1.165, 1.54) is 0 Å². The molecule has 0 spiro atoms. The van der Waals surface area contributed by atoms with E-state index in [9.17, 15) is 9.59 Å². The van der Waals surface area contributed by atoms with Gasteiger partial charge in [0.2, 0.25) is 5.91 Å². The van der Waals surface area contributed by atoms with Gasteiger partial charge in [0.05, 0.1) is 18.2 Å². The molecule has 0 aromatic carbocycles. The van der Waals surface area contributed by atoms with Crippen LogP contribution < -0.4 is 5.32 Å². The first kappa shape index (κ1) is 11.6. The predicted molar refractivity (Wildman–Crippen MR) is 62.1 cm³/mol. The zero-order valence-corrected chi connectivity index (χ0v) is 9.93. The average Bonchev–Trinajstić information content (AvgIpc) is 2.29. The van der Waals surface area contributed by atoms with E-state index in [2.05, 4.69) is 10.3 Å². The molecule has 1 unspecified atom stereocenters. The molecular formula is C12H15N3O2. The van der Waals surface area contributed by atoms with Gasteiger partial charge in [-0.25, -0.2) is 4.79 Å². The van der Waals surface area contributed by atoms with Crippen molar-refractivity contribution in [2.75, 3.05) is 6.54 Å². The number of nitrogens with one attached hydrogen (secondary N) is 1. The molecule has 1 fully saturated rings. The van der Waals surface area contributed by atoms with Crippen molar-refractivity contribution < 1.29 is 9.59 Å². The molecule has 0 saturated carbocycles. The van der Waals surface area contributed by atoms with Crippen LogP contribution in [0.25, 0.3) is 0 Å². The monoisotopic (exact) mass is 233 g/mol. The molecule has 1 aromatic heterocycles. The lowest BCUT2D eigenvalue weighted by atomic mass is 10.1. The molecule has 3 amide bonds. The number of rotatable bonds is 2. The molecule has 0 aliphatic carbocycles. The third-order valence-corrected chi connectivity index (χ3v) is 2.92. The lowest BCUT2D eigenvalue weighted by molar-refractivity contribution is -0.125. The van der Waals surface area contributed by atoms with Crippen LogP contribution in [0, 0.1) is 12.8 Å². The van der Waals surface area contributed by atoms with Crippen molar-refractivity contribution in [2.45, 2.75) is 20.4 Å². The molecule has 90 valence electrons. The Hall–Kier alpha value is -1.91. The first-order valence-corrected chi connectivity index (χ1v) is 5.58. The van der Waals surface area contributed by atoms with Gasteiger partial charge in [0.15, 0.2) is 0 Å². The Bertz CT molecular complexity index is 459. The number of carbonyl (C=O) groups is 2. The lowest BCUT2D eigenvalue weighted by Gasteiger charge is -2.30. The van der Waals surface area contributed by atoms with Crippen molar-refractivity contribution in [1.29, 1.82) is 0 Å². The maximum atomic E-state index is 11.6. The van der Waals surface area contributed by atoms with Crippen LogP contribution in [0.3, 0.4) is 0 Å². The highest BCUT2D eigenvalue weighted by Gasteiger charge is 2.29. The number of aryl methyl sites for hydroxylation is 1. The van der Waals surface area contributed by atoms with Crippen LogP contribution in [0.15, 0.2) is 18.3 Å². The number of aromatic nitrogens is 1.